The second kappa shape index (κ2) is 5.90. The zero-order chi connectivity index (χ0) is 12.1. The predicted octanol–water partition coefficient (Wildman–Crippen LogP) is 3.24. The molecule has 90 valence electrons. The smallest absolute Gasteiger partial charge is 0.121 e. The zero-order valence-corrected chi connectivity index (χ0v) is 10.9. The summed E-state index contributed by atoms with van der Waals surface area (Å²) >= 11 is 0. The van der Waals surface area contributed by atoms with E-state index in [0.29, 0.717) is 5.75 Å². The van der Waals surface area contributed by atoms with E-state index < -0.39 is 0 Å². The van der Waals surface area contributed by atoms with E-state index in [1.807, 2.05) is 13.8 Å². The molecule has 1 N–H and O–H groups in total. The van der Waals surface area contributed by atoms with Crippen molar-refractivity contribution in [1.29, 1.82) is 0 Å². The lowest BCUT2D eigenvalue weighted by atomic mass is 10.1. The van der Waals surface area contributed by atoms with Crippen molar-refractivity contribution in [2.45, 2.75) is 40.7 Å². The Labute approximate surface area is 98.9 Å². The quantitative estimate of drug-likeness (QED) is 0.825. The van der Waals surface area contributed by atoms with Crippen LogP contribution in [0.4, 0.5) is 0 Å². The van der Waals surface area contributed by atoms with E-state index in [0.717, 1.165) is 30.8 Å². The minimum Gasteiger partial charge on any atom is -0.507 e. The molecule has 0 saturated carbocycles. The van der Waals surface area contributed by atoms with Gasteiger partial charge in [0.25, 0.3) is 0 Å². The molecule has 0 bridgehead atoms. The molecule has 16 heavy (non-hydrogen) atoms. The van der Waals surface area contributed by atoms with Crippen molar-refractivity contribution < 1.29 is 5.11 Å². The van der Waals surface area contributed by atoms with Gasteiger partial charge in [-0.2, -0.15) is 0 Å². The van der Waals surface area contributed by atoms with Crippen molar-refractivity contribution in [1.82, 2.24) is 4.90 Å². The van der Waals surface area contributed by atoms with Crippen LogP contribution in [-0.2, 0) is 6.54 Å². The molecule has 0 aliphatic carbocycles. The molecule has 0 aromatic heterocycles. The van der Waals surface area contributed by atoms with Crippen LogP contribution in [0.25, 0.3) is 0 Å². The van der Waals surface area contributed by atoms with Gasteiger partial charge in [0, 0.05) is 6.54 Å². The van der Waals surface area contributed by atoms with Gasteiger partial charge in [-0.3, -0.25) is 4.90 Å². The number of nitrogens with zero attached hydrogens (tertiary/aromatic N) is 1. The van der Waals surface area contributed by atoms with Gasteiger partial charge in [-0.15, -0.1) is 0 Å². The van der Waals surface area contributed by atoms with Gasteiger partial charge in [-0.25, -0.2) is 0 Å². The number of phenolic OH excluding ortho intramolecular Hbond substituents is 1. The fourth-order valence-corrected chi connectivity index (χ4v) is 2.06. The normalized spacial score (nSPS) is 11.1. The molecule has 0 saturated heterocycles. The highest BCUT2D eigenvalue weighted by molar-refractivity contribution is 5.42. The van der Waals surface area contributed by atoms with Gasteiger partial charge in [0.1, 0.15) is 5.75 Å². The lowest BCUT2D eigenvalue weighted by molar-refractivity contribution is 0.280. The number of aromatic hydroxyl groups is 1. The summed E-state index contributed by atoms with van der Waals surface area (Å²) in [4.78, 5) is 2.42. The molecular weight excluding hydrogens is 198 g/mol. The molecule has 0 aliphatic rings. The van der Waals surface area contributed by atoms with Crippen molar-refractivity contribution in [3.63, 3.8) is 0 Å². The Morgan fingerprint density at radius 2 is 1.69 bits per heavy atom. The number of rotatable bonds is 5. The van der Waals surface area contributed by atoms with Crippen LogP contribution < -0.4 is 0 Å². The van der Waals surface area contributed by atoms with Crippen LogP contribution in [0.3, 0.4) is 0 Å². The van der Waals surface area contributed by atoms with Crippen LogP contribution >= 0.6 is 0 Å². The molecule has 0 unspecified atom stereocenters. The molecule has 0 fully saturated rings. The predicted molar refractivity (Wildman–Crippen MR) is 68.8 cm³/mol. The average molecular weight is 221 g/mol. The minimum atomic E-state index is 0.433. The van der Waals surface area contributed by atoms with Crippen LogP contribution in [0.1, 0.15) is 37.0 Å². The van der Waals surface area contributed by atoms with Gasteiger partial charge in [0.05, 0.1) is 0 Å². The van der Waals surface area contributed by atoms with Crippen LogP contribution in [0.15, 0.2) is 12.1 Å². The Morgan fingerprint density at radius 3 is 2.12 bits per heavy atom. The fourth-order valence-electron chi connectivity index (χ4n) is 2.06. The third-order valence-corrected chi connectivity index (χ3v) is 2.94. The molecule has 0 heterocycles. The minimum absolute atomic E-state index is 0.433. The number of benzene rings is 1. The third kappa shape index (κ3) is 3.24. The lowest BCUT2D eigenvalue weighted by Gasteiger charge is -2.20. The van der Waals surface area contributed by atoms with E-state index in [2.05, 4.69) is 30.9 Å². The molecule has 0 atom stereocenters. The Balaban J connectivity index is 2.80. The van der Waals surface area contributed by atoms with Gasteiger partial charge in [0.2, 0.25) is 0 Å². The summed E-state index contributed by atoms with van der Waals surface area (Å²) in [5, 5.41) is 9.71. The number of hydrogen-bond acceptors (Lipinski definition) is 2. The maximum atomic E-state index is 9.71. The number of phenols is 1. The largest absolute Gasteiger partial charge is 0.507 e. The van der Waals surface area contributed by atoms with Crippen LogP contribution in [0, 0.1) is 13.8 Å². The van der Waals surface area contributed by atoms with Gasteiger partial charge in [-0.05, 0) is 50.0 Å². The lowest BCUT2D eigenvalue weighted by Crippen LogP contribution is -2.23. The number of hydrogen-bond donors (Lipinski definition) is 1. The first-order valence-electron chi connectivity index (χ1n) is 6.09. The van der Waals surface area contributed by atoms with E-state index in [1.54, 1.807) is 0 Å². The summed E-state index contributed by atoms with van der Waals surface area (Å²) < 4.78 is 0. The zero-order valence-electron chi connectivity index (χ0n) is 10.9. The molecule has 0 spiro atoms. The molecule has 0 amide bonds. The summed E-state index contributed by atoms with van der Waals surface area (Å²) in [5.74, 6) is 0.433. The molecule has 0 aliphatic heterocycles. The van der Waals surface area contributed by atoms with Gasteiger partial charge >= 0.3 is 0 Å². The third-order valence-electron chi connectivity index (χ3n) is 2.94. The topological polar surface area (TPSA) is 23.5 Å². The fraction of sp³-hybridized carbons (Fsp3) is 0.571. The Kier molecular flexibility index (Phi) is 4.81. The Hall–Kier alpha value is -1.02. The summed E-state index contributed by atoms with van der Waals surface area (Å²) in [6.07, 6.45) is 1.18. The molecule has 0 radical (unpaired) electrons. The van der Waals surface area contributed by atoms with E-state index in [1.165, 1.54) is 12.0 Å². The number of aryl methyl sites for hydroxylation is 2. The van der Waals surface area contributed by atoms with E-state index in [4.69, 9.17) is 0 Å². The second-order valence-corrected chi connectivity index (χ2v) is 4.45. The first-order valence-corrected chi connectivity index (χ1v) is 6.09. The maximum absolute atomic E-state index is 9.71. The molecule has 1 rings (SSSR count). The summed E-state index contributed by atoms with van der Waals surface area (Å²) in [6, 6.07) is 4.17. The van der Waals surface area contributed by atoms with Crippen molar-refractivity contribution in [2.24, 2.45) is 0 Å². The molecule has 2 nitrogen and oxygen atoms in total. The molecule has 1 aromatic carbocycles. The van der Waals surface area contributed by atoms with Crippen LogP contribution in [0.2, 0.25) is 0 Å². The molecule has 1 aromatic rings. The SMILES string of the molecule is CCCN(CC)Cc1cc(C)c(O)c(C)c1. The highest BCUT2D eigenvalue weighted by atomic mass is 16.3. The first kappa shape index (κ1) is 13.0. The summed E-state index contributed by atoms with van der Waals surface area (Å²) in [5.41, 5.74) is 3.24. The van der Waals surface area contributed by atoms with E-state index >= 15 is 0 Å². The maximum Gasteiger partial charge on any atom is 0.121 e. The van der Waals surface area contributed by atoms with Gasteiger partial charge in [0.15, 0.2) is 0 Å². The standard InChI is InChI=1S/C14H23NO/c1-5-7-15(6-2)10-13-8-11(3)14(16)12(4)9-13/h8-9,16H,5-7,10H2,1-4H3. The highest BCUT2D eigenvalue weighted by Crippen LogP contribution is 2.23. The van der Waals surface area contributed by atoms with Crippen molar-refractivity contribution in [3.05, 3.63) is 28.8 Å². The molecular formula is C14H23NO. The summed E-state index contributed by atoms with van der Waals surface area (Å²) in [7, 11) is 0. The Bertz CT molecular complexity index is 324. The van der Waals surface area contributed by atoms with Gasteiger partial charge in [-0.1, -0.05) is 26.0 Å². The molecule has 2 heteroatoms. The van der Waals surface area contributed by atoms with E-state index in [9.17, 15) is 5.11 Å². The van der Waals surface area contributed by atoms with Gasteiger partial charge < -0.3 is 5.11 Å². The second-order valence-electron chi connectivity index (χ2n) is 4.45. The van der Waals surface area contributed by atoms with E-state index in [-0.39, 0.29) is 0 Å². The summed E-state index contributed by atoms with van der Waals surface area (Å²) in [6.45, 7) is 11.5. The van der Waals surface area contributed by atoms with Crippen molar-refractivity contribution in [3.8, 4) is 5.75 Å². The first-order chi connectivity index (χ1) is 7.58. The van der Waals surface area contributed by atoms with Crippen LogP contribution in [-0.4, -0.2) is 23.1 Å². The van der Waals surface area contributed by atoms with Crippen molar-refractivity contribution >= 4 is 0 Å². The van der Waals surface area contributed by atoms with Crippen molar-refractivity contribution in [2.75, 3.05) is 13.1 Å². The monoisotopic (exact) mass is 221 g/mol. The highest BCUT2D eigenvalue weighted by Gasteiger charge is 2.06. The van der Waals surface area contributed by atoms with Crippen LogP contribution in [0.5, 0.6) is 5.75 Å². The Morgan fingerprint density at radius 1 is 1.12 bits per heavy atom. The average Bonchev–Trinajstić information content (AvgIpc) is 2.25.